The summed E-state index contributed by atoms with van der Waals surface area (Å²) in [6.45, 7) is 5.80. The number of aliphatic hydroxyl groups is 1. The minimum Gasteiger partial charge on any atom is -0.507 e. The van der Waals surface area contributed by atoms with Crippen molar-refractivity contribution in [2.75, 3.05) is 7.11 Å². The lowest BCUT2D eigenvalue weighted by Crippen LogP contribution is -2.65. The molecule has 5 N–H and O–H groups in total. The number of methoxy groups -OCH3 is 1. The number of primary amides is 1. The fourth-order valence-electron chi connectivity index (χ4n) is 4.97. The van der Waals surface area contributed by atoms with Crippen molar-refractivity contribution in [3.05, 3.63) is 63.5 Å². The van der Waals surface area contributed by atoms with Gasteiger partial charge in [0.25, 0.3) is 0 Å². The maximum atomic E-state index is 12.9. The first-order valence-electron chi connectivity index (χ1n) is 12.9. The average Bonchev–Trinajstić information content (AvgIpc) is 2.90. The largest absolute Gasteiger partial charge is 0.507 e. The van der Waals surface area contributed by atoms with Crippen LogP contribution in [0.4, 0.5) is 4.79 Å². The van der Waals surface area contributed by atoms with Crippen molar-refractivity contribution in [1.29, 1.82) is 0 Å². The zero-order valence-electron chi connectivity index (χ0n) is 23.2. The van der Waals surface area contributed by atoms with Gasteiger partial charge >= 0.3 is 18.6 Å². The van der Waals surface area contributed by atoms with Crippen molar-refractivity contribution in [1.82, 2.24) is 0 Å². The summed E-state index contributed by atoms with van der Waals surface area (Å²) >= 11 is 0. The van der Waals surface area contributed by atoms with Crippen molar-refractivity contribution in [2.45, 2.75) is 64.2 Å². The van der Waals surface area contributed by atoms with Crippen LogP contribution in [0, 0.1) is 6.92 Å². The smallest absolute Gasteiger partial charge is 0.404 e. The standard InChI is InChI=1S/C28H32BNO11/c1-13-19(38-26-21(33)23(40-27(30)35)24(37-5)28(2,3)41-26)11-10-16-20(32)17(25(34)39-22(13)16)12-18(31)14-6-8-15(9-7-14)29(4)36/h6-11,21,23-24,26,32-33,36H,12H2,1-5H3,(H2,30,35)/t21-,23+,24-,26-/m1/s1. The Morgan fingerprint density at radius 2 is 1.80 bits per heavy atom. The van der Waals surface area contributed by atoms with E-state index in [1.165, 1.54) is 31.4 Å². The monoisotopic (exact) mass is 569 g/mol. The van der Waals surface area contributed by atoms with Crippen molar-refractivity contribution in [2.24, 2.45) is 5.73 Å². The lowest BCUT2D eigenvalue weighted by Gasteiger charge is -2.47. The molecule has 2 heterocycles. The minimum absolute atomic E-state index is 0.00625. The first-order chi connectivity index (χ1) is 19.2. The molecule has 0 bridgehead atoms. The fraction of sp³-hybridized carbons (Fsp3) is 0.393. The van der Waals surface area contributed by atoms with Crippen molar-refractivity contribution >= 4 is 35.2 Å². The van der Waals surface area contributed by atoms with Gasteiger partial charge in [0.2, 0.25) is 6.29 Å². The summed E-state index contributed by atoms with van der Waals surface area (Å²) in [6, 6.07) is 9.21. The van der Waals surface area contributed by atoms with Crippen molar-refractivity contribution in [3.8, 4) is 11.5 Å². The van der Waals surface area contributed by atoms with E-state index in [-0.39, 0.29) is 22.3 Å². The number of hydrogen-bond donors (Lipinski definition) is 4. The zero-order chi connectivity index (χ0) is 30.2. The quantitative estimate of drug-likeness (QED) is 0.174. The van der Waals surface area contributed by atoms with Crippen LogP contribution in [0.3, 0.4) is 0 Å². The summed E-state index contributed by atoms with van der Waals surface area (Å²) in [6.07, 6.45) is -6.44. The third-order valence-electron chi connectivity index (χ3n) is 7.16. The van der Waals surface area contributed by atoms with Crippen LogP contribution in [0.15, 0.2) is 45.6 Å². The number of carbonyl (C=O) groups excluding carboxylic acids is 2. The topological polar surface area (TPSA) is 188 Å². The number of fused-ring (bicyclic) bond motifs is 1. The molecule has 41 heavy (non-hydrogen) atoms. The molecule has 3 aromatic rings. The summed E-state index contributed by atoms with van der Waals surface area (Å²) in [5, 5.41) is 31.7. The second-order valence-corrected chi connectivity index (χ2v) is 10.4. The molecular weight excluding hydrogens is 537 g/mol. The molecule has 1 aromatic heterocycles. The van der Waals surface area contributed by atoms with Crippen LogP contribution in [0.5, 0.6) is 11.5 Å². The lowest BCUT2D eigenvalue weighted by atomic mass is 9.64. The van der Waals surface area contributed by atoms with E-state index in [0.717, 1.165) is 0 Å². The van der Waals surface area contributed by atoms with E-state index in [2.05, 4.69) is 0 Å². The third-order valence-corrected chi connectivity index (χ3v) is 7.16. The van der Waals surface area contributed by atoms with E-state index < -0.39 is 66.8 Å². The molecule has 1 aliphatic rings. The Balaban J connectivity index is 1.63. The van der Waals surface area contributed by atoms with E-state index >= 15 is 0 Å². The number of Topliss-reactive ketones (excluding diaryl/α,β-unsaturated/α-hetero) is 1. The highest BCUT2D eigenvalue weighted by Crippen LogP contribution is 2.37. The molecule has 0 aliphatic carbocycles. The predicted octanol–water partition coefficient (Wildman–Crippen LogP) is 1.41. The van der Waals surface area contributed by atoms with E-state index in [4.69, 9.17) is 29.1 Å². The number of benzene rings is 2. The molecule has 0 spiro atoms. The van der Waals surface area contributed by atoms with Crippen LogP contribution < -0.4 is 21.6 Å². The Labute approximate surface area is 235 Å². The van der Waals surface area contributed by atoms with Gasteiger partial charge < -0.3 is 44.3 Å². The van der Waals surface area contributed by atoms with E-state index in [0.29, 0.717) is 16.6 Å². The van der Waals surface area contributed by atoms with Gasteiger partial charge in [0.05, 0.1) is 16.6 Å². The van der Waals surface area contributed by atoms with Crippen molar-refractivity contribution in [3.63, 3.8) is 0 Å². The number of aliphatic hydroxyl groups excluding tert-OH is 1. The second kappa shape index (κ2) is 11.5. The first kappa shape index (κ1) is 30.1. The summed E-state index contributed by atoms with van der Waals surface area (Å²) in [4.78, 5) is 37.2. The fourth-order valence-corrected chi connectivity index (χ4v) is 4.97. The second-order valence-electron chi connectivity index (χ2n) is 10.4. The molecule has 1 saturated heterocycles. The van der Waals surface area contributed by atoms with Gasteiger partial charge in [-0.05, 0) is 38.4 Å². The molecule has 13 heteroatoms. The molecule has 4 atom stereocenters. The number of hydrogen-bond acceptors (Lipinski definition) is 11. The number of ether oxygens (including phenoxy) is 4. The molecule has 0 unspecified atom stereocenters. The van der Waals surface area contributed by atoms with Crippen LogP contribution in [-0.4, -0.2) is 71.3 Å². The van der Waals surface area contributed by atoms with Crippen LogP contribution in [0.25, 0.3) is 11.0 Å². The maximum Gasteiger partial charge on any atom is 0.404 e. The number of nitrogens with two attached hydrogens (primary N) is 1. The molecule has 1 aliphatic heterocycles. The highest BCUT2D eigenvalue weighted by molar-refractivity contribution is 6.64. The van der Waals surface area contributed by atoms with Gasteiger partial charge in [0.1, 0.15) is 23.2 Å². The number of rotatable bonds is 8. The zero-order valence-corrected chi connectivity index (χ0v) is 23.2. The van der Waals surface area contributed by atoms with Crippen LogP contribution in [0.2, 0.25) is 6.82 Å². The lowest BCUT2D eigenvalue weighted by molar-refractivity contribution is -0.304. The van der Waals surface area contributed by atoms with Gasteiger partial charge in [-0.2, -0.15) is 0 Å². The van der Waals surface area contributed by atoms with Crippen LogP contribution in [0.1, 0.15) is 35.3 Å². The summed E-state index contributed by atoms with van der Waals surface area (Å²) in [7, 11) is 1.37. The van der Waals surface area contributed by atoms with Crippen LogP contribution in [-0.2, 0) is 20.6 Å². The molecule has 2 aromatic carbocycles. The highest BCUT2D eigenvalue weighted by atomic mass is 16.7. The minimum atomic E-state index is -1.50. The SMILES string of the molecule is CO[C@@H]1[C@@H](OC(N)=O)[C@@H](O)[C@H](Oc2ccc3c(O)c(CC(=O)c4ccc(B(C)O)cc4)c(=O)oc3c2C)OC1(C)C. The van der Waals surface area contributed by atoms with Gasteiger partial charge in [-0.25, -0.2) is 9.59 Å². The summed E-state index contributed by atoms with van der Waals surface area (Å²) < 4.78 is 27.9. The average molecular weight is 569 g/mol. The Morgan fingerprint density at radius 1 is 1.15 bits per heavy atom. The Hall–Kier alpha value is -3.91. The van der Waals surface area contributed by atoms with Gasteiger partial charge in [0, 0.05) is 24.7 Å². The van der Waals surface area contributed by atoms with E-state index in [1.807, 2.05) is 0 Å². The Kier molecular flexibility index (Phi) is 8.45. The molecule has 4 rings (SSSR count). The maximum absolute atomic E-state index is 12.9. The van der Waals surface area contributed by atoms with Gasteiger partial charge in [0.15, 0.2) is 18.0 Å². The van der Waals surface area contributed by atoms with Crippen molar-refractivity contribution < 1.29 is 48.2 Å². The molecule has 12 nitrogen and oxygen atoms in total. The highest BCUT2D eigenvalue weighted by Gasteiger charge is 2.53. The third kappa shape index (κ3) is 5.93. The molecule has 218 valence electrons. The van der Waals surface area contributed by atoms with Crippen LogP contribution >= 0.6 is 0 Å². The molecular formula is C28H32BNO11. The molecule has 0 radical (unpaired) electrons. The first-order valence-corrected chi connectivity index (χ1v) is 12.9. The summed E-state index contributed by atoms with van der Waals surface area (Å²) in [5.41, 5.74) is 4.24. The number of amides is 1. The number of aromatic hydroxyl groups is 1. The number of ketones is 1. The van der Waals surface area contributed by atoms with Gasteiger partial charge in [-0.15, -0.1) is 0 Å². The van der Waals surface area contributed by atoms with Gasteiger partial charge in [-0.3, -0.25) is 4.79 Å². The normalized spacial score (nSPS) is 21.8. The summed E-state index contributed by atoms with van der Waals surface area (Å²) in [5.74, 6) is -0.683. The Bertz CT molecular complexity index is 1520. The predicted molar refractivity (Wildman–Crippen MR) is 148 cm³/mol. The Morgan fingerprint density at radius 3 is 2.39 bits per heavy atom. The van der Waals surface area contributed by atoms with E-state index in [1.54, 1.807) is 39.7 Å². The van der Waals surface area contributed by atoms with Gasteiger partial charge in [-0.1, -0.05) is 31.1 Å². The molecule has 1 amide bonds. The molecule has 1 fully saturated rings. The molecule has 0 saturated carbocycles. The number of aryl methyl sites for hydroxylation is 1. The number of carbonyl (C=O) groups is 2. The van der Waals surface area contributed by atoms with E-state index in [9.17, 15) is 29.6 Å².